The minimum atomic E-state index is -3.69. The lowest BCUT2D eigenvalue weighted by molar-refractivity contribution is 0.601. The fourth-order valence-electron chi connectivity index (χ4n) is 1.69. The number of halogens is 1. The van der Waals surface area contributed by atoms with Crippen molar-refractivity contribution >= 4 is 15.7 Å². The van der Waals surface area contributed by atoms with Crippen molar-refractivity contribution in [1.82, 2.24) is 0 Å². The molecule has 0 saturated heterocycles. The summed E-state index contributed by atoms with van der Waals surface area (Å²) < 4.78 is 39.9. The van der Waals surface area contributed by atoms with E-state index in [-0.39, 0.29) is 10.6 Å². The number of hydrogen-bond acceptors (Lipinski definition) is 2. The minimum Gasteiger partial charge on any atom is -0.279 e. The first-order valence-corrected chi connectivity index (χ1v) is 7.22. The molecule has 0 fully saturated rings. The Morgan fingerprint density at radius 3 is 2.47 bits per heavy atom. The number of hydrogen-bond donors (Lipinski definition) is 1. The van der Waals surface area contributed by atoms with Gasteiger partial charge >= 0.3 is 0 Å². The predicted octanol–water partition coefficient (Wildman–Crippen LogP) is 3.24. The number of aryl methyl sites for hydroxylation is 2. The van der Waals surface area contributed by atoms with Crippen molar-refractivity contribution in [3.8, 4) is 0 Å². The molecule has 100 valence electrons. The molecule has 19 heavy (non-hydrogen) atoms. The summed E-state index contributed by atoms with van der Waals surface area (Å²) in [5, 5.41) is 0. The summed E-state index contributed by atoms with van der Waals surface area (Å²) in [5.41, 5.74) is 1.76. The van der Waals surface area contributed by atoms with Crippen molar-refractivity contribution in [3.63, 3.8) is 0 Å². The van der Waals surface area contributed by atoms with Gasteiger partial charge in [-0.1, -0.05) is 18.2 Å². The number of benzene rings is 2. The Morgan fingerprint density at radius 2 is 1.79 bits per heavy atom. The molecule has 0 heterocycles. The quantitative estimate of drug-likeness (QED) is 0.937. The molecule has 3 nitrogen and oxygen atoms in total. The summed E-state index contributed by atoms with van der Waals surface area (Å²) in [6.45, 7) is 3.53. The smallest absolute Gasteiger partial charge is 0.261 e. The highest BCUT2D eigenvalue weighted by Crippen LogP contribution is 2.21. The summed E-state index contributed by atoms with van der Waals surface area (Å²) in [7, 11) is -3.69. The van der Waals surface area contributed by atoms with E-state index in [9.17, 15) is 12.8 Å². The third-order valence-electron chi connectivity index (χ3n) is 2.74. The minimum absolute atomic E-state index is 0.163. The van der Waals surface area contributed by atoms with Crippen LogP contribution >= 0.6 is 0 Å². The summed E-state index contributed by atoms with van der Waals surface area (Å²) in [4.78, 5) is 0.163. The lowest BCUT2D eigenvalue weighted by atomic mass is 10.2. The van der Waals surface area contributed by atoms with Gasteiger partial charge in [0.2, 0.25) is 0 Å². The first-order chi connectivity index (χ1) is 8.88. The van der Waals surface area contributed by atoms with Crippen LogP contribution in [0, 0.1) is 19.7 Å². The molecule has 0 atom stereocenters. The van der Waals surface area contributed by atoms with E-state index in [1.807, 2.05) is 13.0 Å². The first-order valence-electron chi connectivity index (χ1n) is 5.74. The van der Waals surface area contributed by atoms with E-state index in [0.29, 0.717) is 5.56 Å². The van der Waals surface area contributed by atoms with Crippen molar-refractivity contribution in [3.05, 3.63) is 59.4 Å². The highest BCUT2D eigenvalue weighted by atomic mass is 32.2. The number of anilines is 1. The maximum Gasteiger partial charge on any atom is 0.261 e. The lowest BCUT2D eigenvalue weighted by Crippen LogP contribution is -2.14. The zero-order chi connectivity index (χ0) is 14.0. The summed E-state index contributed by atoms with van der Waals surface area (Å²) in [6, 6.07) is 10.5. The van der Waals surface area contributed by atoms with Crippen molar-refractivity contribution in [2.24, 2.45) is 0 Å². The fraction of sp³-hybridized carbons (Fsp3) is 0.143. The van der Waals surface area contributed by atoms with Crippen LogP contribution in [0.1, 0.15) is 11.1 Å². The van der Waals surface area contributed by atoms with Gasteiger partial charge in [0, 0.05) is 0 Å². The van der Waals surface area contributed by atoms with E-state index in [0.717, 1.165) is 5.56 Å². The van der Waals surface area contributed by atoms with Crippen LogP contribution in [-0.2, 0) is 10.0 Å². The number of rotatable bonds is 3. The predicted molar refractivity (Wildman–Crippen MR) is 73.1 cm³/mol. The standard InChI is InChI=1S/C14H14FNO2S/c1-10-4-3-5-13(8-10)19(17,18)16-14-9-12(15)7-6-11(14)2/h3-9,16H,1-2H3. The first kappa shape index (κ1) is 13.5. The molecule has 0 aromatic heterocycles. The molecule has 0 aliphatic carbocycles. The maximum atomic E-state index is 13.2. The molecule has 0 unspecified atom stereocenters. The molecule has 2 aromatic carbocycles. The van der Waals surface area contributed by atoms with Gasteiger partial charge in [0.05, 0.1) is 10.6 Å². The zero-order valence-electron chi connectivity index (χ0n) is 10.6. The molecule has 0 aliphatic heterocycles. The Hall–Kier alpha value is -1.88. The van der Waals surface area contributed by atoms with Crippen LogP contribution in [0.5, 0.6) is 0 Å². The second kappa shape index (κ2) is 5.01. The molecule has 0 aliphatic rings. The number of nitrogens with one attached hydrogen (secondary N) is 1. The van der Waals surface area contributed by atoms with E-state index in [1.54, 1.807) is 19.1 Å². The molecule has 0 spiro atoms. The van der Waals surface area contributed by atoms with Crippen LogP contribution in [0.25, 0.3) is 0 Å². The van der Waals surface area contributed by atoms with Crippen molar-refractivity contribution in [2.45, 2.75) is 18.7 Å². The van der Waals surface area contributed by atoms with E-state index in [2.05, 4.69) is 4.72 Å². The van der Waals surface area contributed by atoms with Gasteiger partial charge in [-0.3, -0.25) is 4.72 Å². The molecular weight excluding hydrogens is 265 g/mol. The van der Waals surface area contributed by atoms with Gasteiger partial charge in [-0.2, -0.15) is 0 Å². The third kappa shape index (κ3) is 3.12. The van der Waals surface area contributed by atoms with Gasteiger partial charge in [-0.25, -0.2) is 12.8 Å². The summed E-state index contributed by atoms with van der Waals surface area (Å²) >= 11 is 0. The Balaban J connectivity index is 2.39. The Kier molecular flexibility index (Phi) is 3.57. The number of sulfonamides is 1. The highest BCUT2D eigenvalue weighted by molar-refractivity contribution is 7.92. The molecule has 5 heteroatoms. The van der Waals surface area contributed by atoms with E-state index in [4.69, 9.17) is 0 Å². The Bertz CT molecular complexity index is 711. The highest BCUT2D eigenvalue weighted by Gasteiger charge is 2.15. The van der Waals surface area contributed by atoms with Gasteiger partial charge < -0.3 is 0 Å². The monoisotopic (exact) mass is 279 g/mol. The lowest BCUT2D eigenvalue weighted by Gasteiger charge is -2.11. The SMILES string of the molecule is Cc1cccc(S(=O)(=O)Nc2cc(F)ccc2C)c1. The van der Waals surface area contributed by atoms with E-state index in [1.165, 1.54) is 24.3 Å². The van der Waals surface area contributed by atoms with Crippen LogP contribution in [0.4, 0.5) is 10.1 Å². The second-order valence-corrected chi connectivity index (χ2v) is 6.06. The van der Waals surface area contributed by atoms with Gasteiger partial charge in [0.15, 0.2) is 0 Å². The molecule has 0 amide bonds. The van der Waals surface area contributed by atoms with Gasteiger partial charge in [0.1, 0.15) is 5.82 Å². The summed E-state index contributed by atoms with van der Waals surface area (Å²) in [6.07, 6.45) is 0. The third-order valence-corrected chi connectivity index (χ3v) is 4.11. The van der Waals surface area contributed by atoms with Crippen LogP contribution in [0.3, 0.4) is 0 Å². The molecule has 0 bridgehead atoms. The average Bonchev–Trinajstić information content (AvgIpc) is 2.33. The molecule has 2 aromatic rings. The van der Waals surface area contributed by atoms with Gasteiger partial charge in [-0.15, -0.1) is 0 Å². The van der Waals surface area contributed by atoms with Crippen molar-refractivity contribution in [2.75, 3.05) is 4.72 Å². The van der Waals surface area contributed by atoms with Crippen LogP contribution in [0.2, 0.25) is 0 Å². The van der Waals surface area contributed by atoms with Crippen LogP contribution in [0.15, 0.2) is 47.4 Å². The van der Waals surface area contributed by atoms with Crippen LogP contribution < -0.4 is 4.72 Å². The zero-order valence-corrected chi connectivity index (χ0v) is 11.5. The fourth-order valence-corrected chi connectivity index (χ4v) is 2.92. The van der Waals surface area contributed by atoms with Crippen LogP contribution in [-0.4, -0.2) is 8.42 Å². The van der Waals surface area contributed by atoms with Gasteiger partial charge in [-0.05, 0) is 49.2 Å². The normalized spacial score (nSPS) is 11.3. The second-order valence-electron chi connectivity index (χ2n) is 4.38. The van der Waals surface area contributed by atoms with Gasteiger partial charge in [0.25, 0.3) is 10.0 Å². The van der Waals surface area contributed by atoms with Crippen molar-refractivity contribution < 1.29 is 12.8 Å². The van der Waals surface area contributed by atoms with Crippen molar-refractivity contribution in [1.29, 1.82) is 0 Å². The maximum absolute atomic E-state index is 13.2. The summed E-state index contributed by atoms with van der Waals surface area (Å²) in [5.74, 6) is -0.479. The molecule has 1 N–H and O–H groups in total. The topological polar surface area (TPSA) is 46.2 Å². The molecular formula is C14H14FNO2S. The molecule has 0 radical (unpaired) electrons. The van der Waals surface area contributed by atoms with E-state index < -0.39 is 15.8 Å². The molecule has 2 rings (SSSR count). The Labute approximate surface area is 112 Å². The largest absolute Gasteiger partial charge is 0.279 e. The molecule has 0 saturated carbocycles. The Morgan fingerprint density at radius 1 is 1.05 bits per heavy atom. The average molecular weight is 279 g/mol. The van der Waals surface area contributed by atoms with E-state index >= 15 is 0 Å².